The summed E-state index contributed by atoms with van der Waals surface area (Å²) in [7, 11) is 0. The summed E-state index contributed by atoms with van der Waals surface area (Å²) in [4.78, 5) is 18.7. The molecular formula is C31H37ClN6O2. The first-order chi connectivity index (χ1) is 19.3. The van der Waals surface area contributed by atoms with E-state index < -0.39 is 6.23 Å². The Balaban J connectivity index is 0.00000274. The number of aromatic nitrogens is 1. The molecule has 0 aliphatic rings. The number of allylic oxidation sites excluding steroid dienone is 1. The molecule has 0 saturated heterocycles. The van der Waals surface area contributed by atoms with Gasteiger partial charge in [0.05, 0.1) is 17.9 Å². The lowest BCUT2D eigenvalue weighted by atomic mass is 10.1. The maximum absolute atomic E-state index is 13.0. The van der Waals surface area contributed by atoms with Gasteiger partial charge in [-0.2, -0.15) is 0 Å². The molecule has 9 heteroatoms. The van der Waals surface area contributed by atoms with Crippen molar-refractivity contribution in [3.05, 3.63) is 132 Å². The Labute approximate surface area is 241 Å². The van der Waals surface area contributed by atoms with Gasteiger partial charge in [0, 0.05) is 24.3 Å². The van der Waals surface area contributed by atoms with E-state index in [4.69, 9.17) is 22.7 Å². The van der Waals surface area contributed by atoms with Crippen molar-refractivity contribution in [3.63, 3.8) is 0 Å². The first-order valence-electron chi connectivity index (χ1n) is 12.7. The Morgan fingerprint density at radius 3 is 2.23 bits per heavy atom. The van der Waals surface area contributed by atoms with Crippen LogP contribution < -0.4 is 16.4 Å². The highest BCUT2D eigenvalue weighted by Gasteiger charge is 2.26. The molecule has 0 spiro atoms. The van der Waals surface area contributed by atoms with Gasteiger partial charge >= 0.3 is 0 Å². The zero-order chi connectivity index (χ0) is 29.5. The molecule has 2 aromatic carbocycles. The van der Waals surface area contributed by atoms with Crippen LogP contribution in [-0.2, 0) is 17.8 Å². The van der Waals surface area contributed by atoms with Crippen LogP contribution in [0.15, 0.2) is 109 Å². The lowest BCUT2D eigenvalue weighted by Crippen LogP contribution is -2.45. The molecule has 0 fully saturated rings. The third-order valence-corrected chi connectivity index (χ3v) is 5.96. The molecule has 0 aliphatic heterocycles. The van der Waals surface area contributed by atoms with E-state index in [2.05, 4.69) is 35.4 Å². The van der Waals surface area contributed by atoms with Gasteiger partial charge in [0.2, 0.25) is 5.91 Å². The molecule has 6 N–H and O–H groups in total. The van der Waals surface area contributed by atoms with E-state index in [1.807, 2.05) is 60.7 Å². The minimum Gasteiger partial charge on any atom is -0.385 e. The number of amides is 1. The van der Waals surface area contributed by atoms with Crippen molar-refractivity contribution in [1.82, 2.24) is 20.5 Å². The first kappa shape index (κ1) is 31.8. The standard InChI is InChI=1S/C29H33ClN6O2.C2H4/c1-20(30)27(24-11-7-4-8-12-24)36(29(38)21(2)33-16-15-22-9-5-3-6-10-22)19-26(37)35-18-23-13-14-25(28(31)32)34-17-23;1-2/h3-14,17,29,33,38H,2,15-16,18-19H2,1H3,(H3,31,32)(H,35,37);1-2H2/b27-20+;. The summed E-state index contributed by atoms with van der Waals surface area (Å²) >= 11 is 6.51. The number of nitrogens with two attached hydrogens (primary N) is 1. The van der Waals surface area contributed by atoms with Crippen molar-refractivity contribution in [2.75, 3.05) is 13.1 Å². The molecule has 210 valence electrons. The van der Waals surface area contributed by atoms with E-state index in [0.717, 1.165) is 23.1 Å². The predicted molar refractivity (Wildman–Crippen MR) is 163 cm³/mol. The highest BCUT2D eigenvalue weighted by atomic mass is 35.5. The highest BCUT2D eigenvalue weighted by molar-refractivity contribution is 6.32. The number of amidine groups is 1. The summed E-state index contributed by atoms with van der Waals surface area (Å²) in [5, 5.41) is 25.2. The minimum absolute atomic E-state index is 0.125. The largest absolute Gasteiger partial charge is 0.385 e. The number of rotatable bonds is 13. The van der Waals surface area contributed by atoms with Gasteiger partial charge in [0.25, 0.3) is 0 Å². The number of nitrogens with one attached hydrogen (secondary N) is 3. The topological polar surface area (TPSA) is 127 Å². The second-order valence-corrected chi connectivity index (χ2v) is 9.25. The monoisotopic (exact) mass is 560 g/mol. The molecule has 1 amide bonds. The fraction of sp³-hybridized carbons (Fsp3) is 0.194. The van der Waals surface area contributed by atoms with E-state index >= 15 is 0 Å². The fourth-order valence-corrected chi connectivity index (χ4v) is 4.06. The molecule has 40 heavy (non-hydrogen) atoms. The van der Waals surface area contributed by atoms with Crippen LogP contribution in [0.4, 0.5) is 0 Å². The van der Waals surface area contributed by atoms with Crippen molar-refractivity contribution in [1.29, 1.82) is 5.41 Å². The maximum Gasteiger partial charge on any atom is 0.239 e. The minimum atomic E-state index is -1.23. The summed E-state index contributed by atoms with van der Waals surface area (Å²) in [6.07, 6.45) is 1.08. The van der Waals surface area contributed by atoms with Crippen LogP contribution in [0.3, 0.4) is 0 Å². The van der Waals surface area contributed by atoms with Gasteiger partial charge < -0.3 is 26.4 Å². The van der Waals surface area contributed by atoms with Gasteiger partial charge in [-0.15, -0.1) is 13.2 Å². The molecule has 0 bridgehead atoms. The molecule has 3 aromatic rings. The van der Waals surface area contributed by atoms with Gasteiger partial charge in [-0.3, -0.25) is 15.2 Å². The summed E-state index contributed by atoms with van der Waals surface area (Å²) < 4.78 is 0. The van der Waals surface area contributed by atoms with Crippen LogP contribution in [0.5, 0.6) is 0 Å². The van der Waals surface area contributed by atoms with E-state index in [1.54, 1.807) is 25.3 Å². The summed E-state index contributed by atoms with van der Waals surface area (Å²) in [5.74, 6) is -0.456. The van der Waals surface area contributed by atoms with Crippen LogP contribution in [0.25, 0.3) is 5.70 Å². The molecule has 0 radical (unpaired) electrons. The lowest BCUT2D eigenvalue weighted by molar-refractivity contribution is -0.123. The van der Waals surface area contributed by atoms with E-state index in [9.17, 15) is 9.90 Å². The predicted octanol–water partition coefficient (Wildman–Crippen LogP) is 4.38. The Morgan fingerprint density at radius 1 is 1.05 bits per heavy atom. The Morgan fingerprint density at radius 2 is 1.68 bits per heavy atom. The third kappa shape index (κ3) is 9.72. The number of carbonyl (C=O) groups is 1. The lowest BCUT2D eigenvalue weighted by Gasteiger charge is -2.33. The van der Waals surface area contributed by atoms with Crippen molar-refractivity contribution in [3.8, 4) is 0 Å². The van der Waals surface area contributed by atoms with Crippen LogP contribution in [0, 0.1) is 5.41 Å². The number of nitrogen functional groups attached to an aromatic ring is 1. The number of carbonyl (C=O) groups excluding carboxylic acids is 1. The van der Waals surface area contributed by atoms with E-state index in [1.165, 1.54) is 4.90 Å². The number of pyridine rings is 1. The number of aliphatic hydroxyl groups excluding tert-OH is 1. The summed E-state index contributed by atoms with van der Waals surface area (Å²) in [5.41, 5.74) is 9.35. The van der Waals surface area contributed by atoms with E-state index in [0.29, 0.717) is 28.7 Å². The first-order valence-corrected chi connectivity index (χ1v) is 13.0. The number of halogens is 1. The second-order valence-electron chi connectivity index (χ2n) is 8.68. The van der Waals surface area contributed by atoms with Gasteiger partial charge in [-0.25, -0.2) is 0 Å². The number of nitrogens with zero attached hydrogens (tertiary/aromatic N) is 2. The zero-order valence-electron chi connectivity index (χ0n) is 22.7. The molecule has 8 nitrogen and oxygen atoms in total. The average molecular weight is 561 g/mol. The zero-order valence-corrected chi connectivity index (χ0v) is 23.5. The summed E-state index contributed by atoms with van der Waals surface area (Å²) in [6, 6.07) is 22.7. The maximum atomic E-state index is 13.0. The number of aliphatic hydroxyl groups is 1. The molecule has 1 heterocycles. The average Bonchev–Trinajstić information content (AvgIpc) is 2.97. The second kappa shape index (κ2) is 16.5. The Bertz CT molecular complexity index is 1280. The smallest absolute Gasteiger partial charge is 0.239 e. The number of benzene rings is 2. The Kier molecular flexibility index (Phi) is 13.2. The molecule has 1 unspecified atom stereocenters. The molecular weight excluding hydrogens is 524 g/mol. The number of hydrogen-bond donors (Lipinski definition) is 5. The van der Waals surface area contributed by atoms with Crippen LogP contribution in [-0.4, -0.2) is 46.1 Å². The van der Waals surface area contributed by atoms with Gasteiger partial charge in [-0.05, 0) is 36.1 Å². The molecule has 3 rings (SSSR count). The van der Waals surface area contributed by atoms with Crippen molar-refractivity contribution >= 4 is 29.0 Å². The third-order valence-electron chi connectivity index (χ3n) is 5.78. The number of hydrogen-bond acceptors (Lipinski definition) is 6. The highest BCUT2D eigenvalue weighted by Crippen LogP contribution is 2.28. The Hall–Kier alpha value is -4.40. The van der Waals surface area contributed by atoms with E-state index in [-0.39, 0.29) is 24.8 Å². The normalized spacial score (nSPS) is 11.7. The fourth-order valence-electron chi connectivity index (χ4n) is 3.84. The SMILES string of the molecule is C=C.C=C(NCCc1ccccc1)C(O)N(CC(=O)NCc1ccc(C(=N)N)nc1)/C(=C(\C)Cl)c1ccccc1. The molecule has 0 saturated carbocycles. The van der Waals surface area contributed by atoms with Gasteiger partial charge in [0.15, 0.2) is 6.23 Å². The van der Waals surface area contributed by atoms with Crippen LogP contribution >= 0.6 is 11.6 Å². The molecule has 1 aromatic heterocycles. The van der Waals surface area contributed by atoms with Crippen LogP contribution in [0.1, 0.15) is 29.3 Å². The summed E-state index contributed by atoms with van der Waals surface area (Å²) in [6.45, 7) is 12.4. The van der Waals surface area contributed by atoms with Gasteiger partial charge in [-0.1, -0.05) is 84.9 Å². The van der Waals surface area contributed by atoms with Crippen molar-refractivity contribution in [2.24, 2.45) is 5.73 Å². The van der Waals surface area contributed by atoms with Crippen LogP contribution in [0.2, 0.25) is 0 Å². The van der Waals surface area contributed by atoms with Crippen molar-refractivity contribution < 1.29 is 9.90 Å². The van der Waals surface area contributed by atoms with Crippen molar-refractivity contribution in [2.45, 2.75) is 26.1 Å². The molecule has 1 atom stereocenters. The molecule has 0 aliphatic carbocycles. The van der Waals surface area contributed by atoms with Gasteiger partial charge in [0.1, 0.15) is 11.5 Å². The quantitative estimate of drug-likeness (QED) is 0.0913.